The molecule has 0 bridgehead atoms. The number of imidazole rings is 1. The number of nitrogens with one attached hydrogen (secondary N) is 1. The summed E-state index contributed by atoms with van der Waals surface area (Å²) in [6, 6.07) is 22.3. The van der Waals surface area contributed by atoms with Gasteiger partial charge in [-0.25, -0.2) is 4.98 Å². The zero-order chi connectivity index (χ0) is 20.4. The van der Waals surface area contributed by atoms with Crippen molar-refractivity contribution in [3.63, 3.8) is 0 Å². The van der Waals surface area contributed by atoms with E-state index >= 15 is 0 Å². The average molecular weight is 383 g/mol. The van der Waals surface area contributed by atoms with Gasteiger partial charge in [-0.05, 0) is 67.3 Å². The number of nitrogens with zero attached hydrogens (tertiary/aromatic N) is 2. The molecule has 3 aromatic carbocycles. The number of amides is 1. The van der Waals surface area contributed by atoms with Crippen LogP contribution in [0.1, 0.15) is 28.1 Å². The van der Waals surface area contributed by atoms with E-state index < -0.39 is 0 Å². The topological polar surface area (TPSA) is 46.9 Å². The fourth-order valence-corrected chi connectivity index (χ4v) is 3.58. The second-order valence-electron chi connectivity index (χ2n) is 7.55. The molecule has 1 heterocycles. The van der Waals surface area contributed by atoms with Gasteiger partial charge in [-0.2, -0.15) is 0 Å². The van der Waals surface area contributed by atoms with Crippen LogP contribution in [0, 0.1) is 20.8 Å². The lowest BCUT2D eigenvalue weighted by Gasteiger charge is -2.12. The van der Waals surface area contributed by atoms with Crippen molar-refractivity contribution in [3.05, 3.63) is 94.8 Å². The normalized spacial score (nSPS) is 11.0. The largest absolute Gasteiger partial charge is 0.325 e. The van der Waals surface area contributed by atoms with Gasteiger partial charge in [0.15, 0.2) is 0 Å². The molecule has 4 rings (SSSR count). The third-order valence-corrected chi connectivity index (χ3v) is 5.44. The first-order valence-corrected chi connectivity index (χ1v) is 9.87. The number of para-hydroxylation sites is 2. The van der Waals surface area contributed by atoms with Gasteiger partial charge in [-0.15, -0.1) is 0 Å². The lowest BCUT2D eigenvalue weighted by molar-refractivity contribution is -0.116. The number of fused-ring (bicyclic) bond motifs is 1. The van der Waals surface area contributed by atoms with Crippen molar-refractivity contribution in [1.82, 2.24) is 9.55 Å². The Kier molecular flexibility index (Phi) is 5.17. The first-order chi connectivity index (χ1) is 14.0. The molecule has 0 radical (unpaired) electrons. The van der Waals surface area contributed by atoms with Crippen LogP contribution in [0.2, 0.25) is 0 Å². The minimum absolute atomic E-state index is 0.0533. The summed E-state index contributed by atoms with van der Waals surface area (Å²) in [6.07, 6.45) is 0.693. The van der Waals surface area contributed by atoms with Crippen LogP contribution in [-0.2, 0) is 17.8 Å². The van der Waals surface area contributed by atoms with Crippen molar-refractivity contribution in [1.29, 1.82) is 0 Å². The molecule has 0 fully saturated rings. The van der Waals surface area contributed by atoms with Gasteiger partial charge >= 0.3 is 0 Å². The summed E-state index contributed by atoms with van der Waals surface area (Å²) < 4.78 is 2.03. The molecule has 0 aliphatic heterocycles. The van der Waals surface area contributed by atoms with Crippen LogP contribution in [0.25, 0.3) is 11.0 Å². The first kappa shape index (κ1) is 18.9. The van der Waals surface area contributed by atoms with E-state index in [1.54, 1.807) is 0 Å². The Morgan fingerprint density at radius 3 is 2.45 bits per heavy atom. The van der Waals surface area contributed by atoms with Gasteiger partial charge in [0, 0.05) is 12.1 Å². The highest BCUT2D eigenvalue weighted by molar-refractivity contribution is 5.92. The van der Waals surface area contributed by atoms with E-state index in [0.717, 1.165) is 28.1 Å². The predicted molar refractivity (Wildman–Crippen MR) is 118 cm³/mol. The van der Waals surface area contributed by atoms with Crippen molar-refractivity contribution in [3.8, 4) is 0 Å². The summed E-state index contributed by atoms with van der Waals surface area (Å²) in [5.74, 6) is 0.846. The monoisotopic (exact) mass is 383 g/mol. The molecule has 0 saturated heterocycles. The number of rotatable bonds is 5. The van der Waals surface area contributed by atoms with Crippen molar-refractivity contribution in [2.75, 3.05) is 5.32 Å². The summed E-state index contributed by atoms with van der Waals surface area (Å²) >= 11 is 0. The lowest BCUT2D eigenvalue weighted by Crippen LogP contribution is -2.20. The molecule has 0 atom stereocenters. The first-order valence-electron chi connectivity index (χ1n) is 9.87. The molecule has 1 amide bonds. The number of hydrogen-bond donors (Lipinski definition) is 1. The molecule has 4 aromatic rings. The molecule has 0 aliphatic rings. The van der Waals surface area contributed by atoms with E-state index in [2.05, 4.69) is 38.2 Å². The standard InChI is InChI=1S/C25H25N3O/c1-17-12-13-21(14-19(17)3)26-25(29)16-28-23-11-7-6-10-22(23)27-24(28)15-20-9-5-4-8-18(20)2/h4-14H,15-16H2,1-3H3,(H,26,29). The number of carbonyl (C=O) groups excluding carboxylic acids is 1. The van der Waals surface area contributed by atoms with Crippen LogP contribution in [-0.4, -0.2) is 15.5 Å². The Labute approximate surface area is 171 Å². The number of benzene rings is 3. The van der Waals surface area contributed by atoms with Crippen LogP contribution in [0.4, 0.5) is 5.69 Å². The number of aryl methyl sites for hydroxylation is 3. The van der Waals surface area contributed by atoms with E-state index in [9.17, 15) is 4.79 Å². The van der Waals surface area contributed by atoms with Crippen LogP contribution >= 0.6 is 0 Å². The van der Waals surface area contributed by atoms with E-state index in [-0.39, 0.29) is 12.5 Å². The van der Waals surface area contributed by atoms with Crippen molar-refractivity contribution in [2.24, 2.45) is 0 Å². The van der Waals surface area contributed by atoms with Gasteiger partial charge < -0.3 is 9.88 Å². The van der Waals surface area contributed by atoms with Crippen molar-refractivity contribution >= 4 is 22.6 Å². The highest BCUT2D eigenvalue weighted by Crippen LogP contribution is 2.21. The second kappa shape index (κ2) is 7.92. The number of carbonyl (C=O) groups is 1. The Morgan fingerprint density at radius 1 is 0.897 bits per heavy atom. The molecule has 29 heavy (non-hydrogen) atoms. The second-order valence-corrected chi connectivity index (χ2v) is 7.55. The Bertz CT molecular complexity index is 1190. The highest BCUT2D eigenvalue weighted by Gasteiger charge is 2.15. The molecular formula is C25H25N3O. The molecule has 0 aliphatic carbocycles. The lowest BCUT2D eigenvalue weighted by atomic mass is 10.1. The zero-order valence-corrected chi connectivity index (χ0v) is 17.1. The third-order valence-electron chi connectivity index (χ3n) is 5.44. The summed E-state index contributed by atoms with van der Waals surface area (Å²) in [7, 11) is 0. The molecule has 0 spiro atoms. The van der Waals surface area contributed by atoms with Crippen molar-refractivity contribution in [2.45, 2.75) is 33.7 Å². The molecule has 146 valence electrons. The van der Waals surface area contributed by atoms with E-state index in [1.165, 1.54) is 16.7 Å². The highest BCUT2D eigenvalue weighted by atomic mass is 16.1. The van der Waals surface area contributed by atoms with Gasteiger partial charge in [0.1, 0.15) is 12.4 Å². The maximum atomic E-state index is 12.8. The average Bonchev–Trinajstić information content (AvgIpc) is 3.04. The molecule has 1 aromatic heterocycles. The van der Waals surface area contributed by atoms with Gasteiger partial charge in [0.05, 0.1) is 11.0 Å². The quantitative estimate of drug-likeness (QED) is 0.515. The summed E-state index contributed by atoms with van der Waals surface area (Å²) in [5, 5.41) is 3.03. The third kappa shape index (κ3) is 4.06. The summed E-state index contributed by atoms with van der Waals surface area (Å²) in [6.45, 7) is 6.45. The smallest absolute Gasteiger partial charge is 0.244 e. The van der Waals surface area contributed by atoms with Gasteiger partial charge in [-0.3, -0.25) is 4.79 Å². The fourth-order valence-electron chi connectivity index (χ4n) is 3.58. The minimum atomic E-state index is -0.0533. The summed E-state index contributed by atoms with van der Waals surface area (Å²) in [4.78, 5) is 17.6. The molecule has 0 saturated carbocycles. The predicted octanol–water partition coefficient (Wildman–Crippen LogP) is 5.19. The van der Waals surface area contributed by atoms with Gasteiger partial charge in [0.2, 0.25) is 5.91 Å². The summed E-state index contributed by atoms with van der Waals surface area (Å²) in [5.41, 5.74) is 7.54. The van der Waals surface area contributed by atoms with E-state index in [4.69, 9.17) is 4.98 Å². The van der Waals surface area contributed by atoms with Crippen LogP contribution in [0.5, 0.6) is 0 Å². The SMILES string of the molecule is Cc1ccc(NC(=O)Cn2c(Cc3ccccc3C)nc3ccccc32)cc1C. The maximum Gasteiger partial charge on any atom is 0.244 e. The van der Waals surface area contributed by atoms with Crippen LogP contribution in [0.15, 0.2) is 66.7 Å². The van der Waals surface area contributed by atoms with E-state index in [0.29, 0.717) is 6.42 Å². The zero-order valence-electron chi connectivity index (χ0n) is 17.1. The maximum absolute atomic E-state index is 12.8. The number of anilines is 1. The van der Waals surface area contributed by atoms with E-state index in [1.807, 2.05) is 59.2 Å². The van der Waals surface area contributed by atoms with Gasteiger partial charge in [-0.1, -0.05) is 42.5 Å². The molecule has 4 nitrogen and oxygen atoms in total. The fraction of sp³-hybridized carbons (Fsp3) is 0.200. The Morgan fingerprint density at radius 2 is 1.66 bits per heavy atom. The van der Waals surface area contributed by atoms with Crippen molar-refractivity contribution < 1.29 is 4.79 Å². The van der Waals surface area contributed by atoms with Crippen LogP contribution < -0.4 is 5.32 Å². The Balaban J connectivity index is 1.64. The van der Waals surface area contributed by atoms with Gasteiger partial charge in [0.25, 0.3) is 0 Å². The molecule has 4 heteroatoms. The molecule has 0 unspecified atom stereocenters. The number of hydrogen-bond acceptors (Lipinski definition) is 2. The molecular weight excluding hydrogens is 358 g/mol. The van der Waals surface area contributed by atoms with Crippen LogP contribution in [0.3, 0.4) is 0 Å². The molecule has 1 N–H and O–H groups in total. The Hall–Kier alpha value is -3.40. The minimum Gasteiger partial charge on any atom is -0.325 e. The number of aromatic nitrogens is 2.